The van der Waals surface area contributed by atoms with E-state index < -0.39 is 0 Å². The highest BCUT2D eigenvalue weighted by molar-refractivity contribution is 6.18. The summed E-state index contributed by atoms with van der Waals surface area (Å²) in [5, 5.41) is 0. The molecular formula is C21H23ClN2O3. The highest BCUT2D eigenvalue weighted by atomic mass is 35.5. The summed E-state index contributed by atoms with van der Waals surface area (Å²) in [5.41, 5.74) is 1.75. The van der Waals surface area contributed by atoms with Gasteiger partial charge in [-0.15, -0.1) is 11.6 Å². The summed E-state index contributed by atoms with van der Waals surface area (Å²) in [4.78, 5) is 26.8. The number of halogens is 1. The average Bonchev–Trinajstić information content (AvgIpc) is 2.69. The van der Waals surface area contributed by atoms with Gasteiger partial charge in [0, 0.05) is 43.9 Å². The molecule has 2 aliphatic heterocycles. The van der Waals surface area contributed by atoms with Crippen LogP contribution in [0.5, 0.6) is 0 Å². The Kier molecular flexibility index (Phi) is 5.32. The molecule has 0 N–H and O–H groups in total. The molecule has 0 aliphatic carbocycles. The number of ether oxygens (including phenoxy) is 1. The number of piperidine rings is 1. The molecule has 2 aromatic rings. The lowest BCUT2D eigenvalue weighted by Gasteiger charge is -2.43. The second-order valence-corrected chi connectivity index (χ2v) is 7.77. The van der Waals surface area contributed by atoms with Gasteiger partial charge in [-0.05, 0) is 30.5 Å². The van der Waals surface area contributed by atoms with Crippen LogP contribution in [0.1, 0.15) is 28.4 Å². The second-order valence-electron chi connectivity index (χ2n) is 7.46. The number of carbonyl (C=O) groups is 1. The molecule has 0 spiro atoms. The molecule has 3 unspecified atom stereocenters. The van der Waals surface area contributed by atoms with Crippen molar-refractivity contribution in [3.8, 4) is 0 Å². The Morgan fingerprint density at radius 2 is 1.93 bits per heavy atom. The van der Waals surface area contributed by atoms with Gasteiger partial charge in [0.2, 0.25) is 0 Å². The zero-order valence-electron chi connectivity index (χ0n) is 15.1. The summed E-state index contributed by atoms with van der Waals surface area (Å²) in [6.07, 6.45) is 0.756. The van der Waals surface area contributed by atoms with Crippen molar-refractivity contribution in [3.05, 3.63) is 70.1 Å². The van der Waals surface area contributed by atoms with Crippen LogP contribution in [0.4, 0.5) is 0 Å². The normalized spacial score (nSPS) is 22.7. The fourth-order valence-corrected chi connectivity index (χ4v) is 4.50. The minimum Gasteiger partial charge on any atom is -0.456 e. The van der Waals surface area contributed by atoms with E-state index in [0.717, 1.165) is 31.7 Å². The number of carbonyl (C=O) groups excluding carboxylic acids is 1. The first-order valence-corrected chi connectivity index (χ1v) is 9.91. The van der Waals surface area contributed by atoms with Crippen LogP contribution in [-0.4, -0.2) is 47.1 Å². The Labute approximate surface area is 163 Å². The van der Waals surface area contributed by atoms with Gasteiger partial charge in [0.05, 0.1) is 11.4 Å². The summed E-state index contributed by atoms with van der Waals surface area (Å²) < 4.78 is 7.55. The van der Waals surface area contributed by atoms with Gasteiger partial charge in [0.15, 0.2) is 0 Å². The van der Waals surface area contributed by atoms with Crippen LogP contribution in [-0.2, 0) is 11.3 Å². The molecule has 6 heteroatoms. The highest BCUT2D eigenvalue weighted by Gasteiger charge is 2.35. The lowest BCUT2D eigenvalue weighted by atomic mass is 9.83. The third-order valence-electron chi connectivity index (χ3n) is 5.47. The van der Waals surface area contributed by atoms with E-state index in [2.05, 4.69) is 11.0 Å². The van der Waals surface area contributed by atoms with Crippen LogP contribution in [0.2, 0.25) is 0 Å². The molecule has 1 fully saturated rings. The van der Waals surface area contributed by atoms with Gasteiger partial charge < -0.3 is 9.30 Å². The number of rotatable bonds is 5. The number of esters is 1. The number of pyridine rings is 1. The minimum absolute atomic E-state index is 0.0890. The third-order valence-corrected chi connectivity index (χ3v) is 5.82. The Bertz CT molecular complexity index is 867. The number of alkyl halides is 1. The number of likely N-dealkylation sites (tertiary alicyclic amines) is 1. The fourth-order valence-electron chi connectivity index (χ4n) is 4.34. The topological polar surface area (TPSA) is 51.5 Å². The van der Waals surface area contributed by atoms with Gasteiger partial charge >= 0.3 is 5.97 Å². The molecule has 3 atom stereocenters. The molecule has 0 amide bonds. The molecule has 142 valence electrons. The SMILES string of the molecule is O=C(OC(CCl)CN1CC2CC(C1)c1cccc(=O)n1C2)c1ccccc1. The fraction of sp³-hybridized carbons (Fsp3) is 0.429. The maximum absolute atomic E-state index is 12.3. The molecule has 5 nitrogen and oxygen atoms in total. The van der Waals surface area contributed by atoms with E-state index in [1.54, 1.807) is 18.2 Å². The van der Waals surface area contributed by atoms with E-state index in [9.17, 15) is 9.59 Å². The van der Waals surface area contributed by atoms with Crippen LogP contribution < -0.4 is 5.56 Å². The largest absolute Gasteiger partial charge is 0.456 e. The van der Waals surface area contributed by atoms with Crippen LogP contribution in [0.3, 0.4) is 0 Å². The van der Waals surface area contributed by atoms with E-state index in [0.29, 0.717) is 23.9 Å². The first-order chi connectivity index (χ1) is 13.1. The molecule has 0 saturated carbocycles. The van der Waals surface area contributed by atoms with Crippen LogP contribution in [0.15, 0.2) is 53.3 Å². The molecule has 27 heavy (non-hydrogen) atoms. The lowest BCUT2D eigenvalue weighted by molar-refractivity contribution is 0.0177. The Morgan fingerprint density at radius 3 is 2.70 bits per heavy atom. The Balaban J connectivity index is 1.42. The predicted octanol–water partition coefficient (Wildman–Crippen LogP) is 2.73. The van der Waals surface area contributed by atoms with Crippen LogP contribution >= 0.6 is 11.6 Å². The van der Waals surface area contributed by atoms with Gasteiger partial charge in [-0.3, -0.25) is 9.69 Å². The van der Waals surface area contributed by atoms with E-state index >= 15 is 0 Å². The third kappa shape index (κ3) is 3.94. The number of benzene rings is 1. The molecule has 1 saturated heterocycles. The van der Waals surface area contributed by atoms with Crippen LogP contribution in [0.25, 0.3) is 0 Å². The first-order valence-electron chi connectivity index (χ1n) is 9.38. The molecule has 2 aliphatic rings. The van der Waals surface area contributed by atoms with E-state index in [1.165, 1.54) is 0 Å². The monoisotopic (exact) mass is 386 g/mol. The average molecular weight is 387 g/mol. The molecule has 4 rings (SSSR count). The van der Waals surface area contributed by atoms with Crippen molar-refractivity contribution in [1.29, 1.82) is 0 Å². The van der Waals surface area contributed by atoms with Crippen molar-refractivity contribution in [2.24, 2.45) is 5.92 Å². The van der Waals surface area contributed by atoms with E-state index in [-0.39, 0.29) is 23.5 Å². The molecule has 1 aromatic heterocycles. The van der Waals surface area contributed by atoms with Crippen LogP contribution in [0, 0.1) is 5.92 Å². The smallest absolute Gasteiger partial charge is 0.338 e. The zero-order valence-corrected chi connectivity index (χ0v) is 15.8. The van der Waals surface area contributed by atoms with Crippen molar-refractivity contribution in [2.75, 3.05) is 25.5 Å². The number of hydrogen-bond donors (Lipinski definition) is 0. The standard InChI is InChI=1S/C21H23ClN2O3/c22-10-18(27-21(26)16-5-2-1-3-6-16)14-23-11-15-9-17(13-23)19-7-4-8-20(25)24(19)12-15/h1-8,15,17-18H,9-14H2. The Hall–Kier alpha value is -2.11. The van der Waals surface area contributed by atoms with Crippen molar-refractivity contribution < 1.29 is 9.53 Å². The van der Waals surface area contributed by atoms with E-state index in [1.807, 2.05) is 28.8 Å². The highest BCUT2D eigenvalue weighted by Crippen LogP contribution is 2.35. The number of fused-ring (bicyclic) bond motifs is 4. The van der Waals surface area contributed by atoms with Gasteiger partial charge in [-0.25, -0.2) is 4.79 Å². The summed E-state index contributed by atoms with van der Waals surface area (Å²) in [7, 11) is 0. The summed E-state index contributed by atoms with van der Waals surface area (Å²) in [6, 6.07) is 14.5. The maximum atomic E-state index is 12.3. The van der Waals surface area contributed by atoms with E-state index in [4.69, 9.17) is 16.3 Å². The zero-order chi connectivity index (χ0) is 18.8. The number of nitrogens with zero attached hydrogens (tertiary/aromatic N) is 2. The maximum Gasteiger partial charge on any atom is 0.338 e. The molecule has 1 aromatic carbocycles. The van der Waals surface area contributed by atoms with Gasteiger partial charge in [-0.2, -0.15) is 0 Å². The van der Waals surface area contributed by atoms with Crippen molar-refractivity contribution in [3.63, 3.8) is 0 Å². The second kappa shape index (κ2) is 7.87. The van der Waals surface area contributed by atoms with Gasteiger partial charge in [0.25, 0.3) is 5.56 Å². The molecular weight excluding hydrogens is 364 g/mol. The Morgan fingerprint density at radius 1 is 1.11 bits per heavy atom. The molecule has 0 radical (unpaired) electrons. The van der Waals surface area contributed by atoms with Gasteiger partial charge in [-0.1, -0.05) is 24.3 Å². The lowest BCUT2D eigenvalue weighted by Crippen LogP contribution is -2.49. The van der Waals surface area contributed by atoms with Crippen molar-refractivity contribution >= 4 is 17.6 Å². The molecule has 2 bridgehead atoms. The summed E-state index contributed by atoms with van der Waals surface area (Å²) >= 11 is 6.09. The number of hydrogen-bond acceptors (Lipinski definition) is 4. The van der Waals surface area contributed by atoms with Crippen molar-refractivity contribution in [1.82, 2.24) is 9.47 Å². The number of aromatic nitrogens is 1. The predicted molar refractivity (Wildman–Crippen MR) is 104 cm³/mol. The first kappa shape index (κ1) is 18.3. The van der Waals surface area contributed by atoms with Gasteiger partial charge in [0.1, 0.15) is 6.10 Å². The summed E-state index contributed by atoms with van der Waals surface area (Å²) in [6.45, 7) is 3.13. The van der Waals surface area contributed by atoms with Crippen molar-refractivity contribution in [2.45, 2.75) is 25.0 Å². The quantitative estimate of drug-likeness (QED) is 0.585. The minimum atomic E-state index is -0.351. The summed E-state index contributed by atoms with van der Waals surface area (Å²) in [5.74, 6) is 0.709. The molecule has 3 heterocycles.